The number of halogens is 3. The first kappa shape index (κ1) is 25.7. The Kier molecular flexibility index (Phi) is 7.55. The van der Waals surface area contributed by atoms with Gasteiger partial charge >= 0.3 is 12.1 Å². The third-order valence-electron chi connectivity index (χ3n) is 4.90. The Bertz CT molecular complexity index is 1350. The largest absolute Gasteiger partial charge is 0.489 e. The second kappa shape index (κ2) is 10.6. The molecule has 0 aliphatic carbocycles. The van der Waals surface area contributed by atoms with Crippen LogP contribution in [0.3, 0.4) is 0 Å². The monoisotopic (exact) mass is 494 g/mol. The van der Waals surface area contributed by atoms with Crippen molar-refractivity contribution in [3.05, 3.63) is 89.2 Å². The fourth-order valence-electron chi connectivity index (χ4n) is 2.95. The van der Waals surface area contributed by atoms with Gasteiger partial charge in [-0.3, -0.25) is 9.78 Å². The van der Waals surface area contributed by atoms with Gasteiger partial charge in [-0.1, -0.05) is 0 Å². The molecule has 36 heavy (non-hydrogen) atoms. The average molecular weight is 494 g/mol. The molecule has 0 bridgehead atoms. The van der Waals surface area contributed by atoms with Crippen LogP contribution in [-0.4, -0.2) is 29.1 Å². The topological polar surface area (TPSA) is 125 Å². The molecule has 0 aliphatic rings. The van der Waals surface area contributed by atoms with Crippen LogP contribution in [0.2, 0.25) is 0 Å². The van der Waals surface area contributed by atoms with E-state index in [1.165, 1.54) is 61.8 Å². The van der Waals surface area contributed by atoms with Gasteiger partial charge in [0.05, 0.1) is 34.4 Å². The molecule has 11 heteroatoms. The lowest BCUT2D eigenvalue weighted by atomic mass is 10.0. The van der Waals surface area contributed by atoms with Crippen molar-refractivity contribution in [2.24, 2.45) is 0 Å². The SMILES string of the molecule is CC(COc1ccc(C#N)cc1)(OC(=O)c1cccnc1)C(=O)Nc1ccc(C#N)c(C(F)(F)F)c1. The van der Waals surface area contributed by atoms with E-state index in [9.17, 15) is 22.8 Å². The second-order valence-corrected chi connectivity index (χ2v) is 7.61. The molecule has 0 radical (unpaired) electrons. The number of nitriles is 2. The molecule has 8 nitrogen and oxygen atoms in total. The van der Waals surface area contributed by atoms with Crippen molar-refractivity contribution in [3.63, 3.8) is 0 Å². The molecule has 1 N–H and O–H groups in total. The Hall–Kier alpha value is -4.90. The van der Waals surface area contributed by atoms with Gasteiger partial charge in [-0.25, -0.2) is 4.79 Å². The van der Waals surface area contributed by atoms with Crippen LogP contribution in [0, 0.1) is 22.7 Å². The van der Waals surface area contributed by atoms with E-state index in [1.54, 1.807) is 0 Å². The number of hydrogen-bond donors (Lipinski definition) is 1. The van der Waals surface area contributed by atoms with Gasteiger partial charge in [-0.2, -0.15) is 23.7 Å². The number of amides is 1. The van der Waals surface area contributed by atoms with Gasteiger partial charge in [0.25, 0.3) is 5.91 Å². The molecule has 1 amide bonds. The summed E-state index contributed by atoms with van der Waals surface area (Å²) >= 11 is 0. The Labute approximate surface area is 203 Å². The lowest BCUT2D eigenvalue weighted by Gasteiger charge is -2.28. The zero-order valence-electron chi connectivity index (χ0n) is 18.7. The maximum atomic E-state index is 13.3. The Morgan fingerprint density at radius 3 is 2.36 bits per heavy atom. The lowest BCUT2D eigenvalue weighted by molar-refractivity contribution is -0.138. The number of alkyl halides is 3. The zero-order valence-corrected chi connectivity index (χ0v) is 18.7. The number of hydrogen-bond acceptors (Lipinski definition) is 7. The number of benzene rings is 2. The molecule has 0 aliphatic heterocycles. The fraction of sp³-hybridized carbons (Fsp3) is 0.160. The molecule has 182 valence electrons. The van der Waals surface area contributed by atoms with Crippen molar-refractivity contribution in [2.45, 2.75) is 18.7 Å². The standard InChI is InChI=1S/C25H17F3N4O4/c1-24(36-22(33)18-3-2-10-31-14-18,15-35-20-8-4-16(12-29)5-9-20)23(34)32-19-7-6-17(13-30)21(11-19)25(26,27)28/h2-11,14H,15H2,1H3,(H,32,34). The van der Waals surface area contributed by atoms with Crippen LogP contribution in [0.4, 0.5) is 18.9 Å². The summed E-state index contributed by atoms with van der Waals surface area (Å²) in [6, 6.07) is 14.8. The molecule has 0 spiro atoms. The van der Waals surface area contributed by atoms with Crippen molar-refractivity contribution in [3.8, 4) is 17.9 Å². The van der Waals surface area contributed by atoms with Gasteiger partial charge in [-0.15, -0.1) is 0 Å². The highest BCUT2D eigenvalue weighted by molar-refractivity contribution is 6.00. The number of rotatable bonds is 7. The van der Waals surface area contributed by atoms with Crippen LogP contribution in [0.5, 0.6) is 5.75 Å². The van der Waals surface area contributed by atoms with Crippen molar-refractivity contribution in [2.75, 3.05) is 11.9 Å². The predicted molar refractivity (Wildman–Crippen MR) is 119 cm³/mol. The number of nitrogens with one attached hydrogen (secondary N) is 1. The molecule has 0 fully saturated rings. The summed E-state index contributed by atoms with van der Waals surface area (Å²) in [5.74, 6) is -1.64. The van der Waals surface area contributed by atoms with E-state index in [2.05, 4.69) is 10.3 Å². The average Bonchev–Trinajstić information content (AvgIpc) is 2.87. The van der Waals surface area contributed by atoms with E-state index in [4.69, 9.17) is 20.0 Å². The van der Waals surface area contributed by atoms with Gasteiger partial charge in [0.15, 0.2) is 0 Å². The first-order valence-electron chi connectivity index (χ1n) is 10.2. The van der Waals surface area contributed by atoms with Crippen molar-refractivity contribution < 1.29 is 32.2 Å². The Balaban J connectivity index is 1.88. The molecular formula is C25H17F3N4O4. The summed E-state index contributed by atoms with van der Waals surface area (Å²) in [5.41, 5.74) is -3.72. The first-order chi connectivity index (χ1) is 17.1. The van der Waals surface area contributed by atoms with Gasteiger partial charge in [-0.05, 0) is 61.5 Å². The number of carbonyl (C=O) groups excluding carboxylic acids is 2. The highest BCUT2D eigenvalue weighted by atomic mass is 19.4. The maximum Gasteiger partial charge on any atom is 0.417 e. The molecule has 1 unspecified atom stereocenters. The molecule has 0 saturated carbocycles. The van der Waals surface area contributed by atoms with E-state index in [1.807, 2.05) is 6.07 Å². The molecule has 3 aromatic rings. The minimum atomic E-state index is -4.83. The van der Waals surface area contributed by atoms with Gasteiger partial charge in [0, 0.05) is 18.1 Å². The zero-order chi connectivity index (χ0) is 26.3. The van der Waals surface area contributed by atoms with E-state index < -0.39 is 41.4 Å². The van der Waals surface area contributed by atoms with E-state index in [0.717, 1.165) is 12.1 Å². The Morgan fingerprint density at radius 2 is 1.78 bits per heavy atom. The minimum absolute atomic E-state index is 0.0348. The molecule has 1 atom stereocenters. The van der Waals surface area contributed by atoms with E-state index in [0.29, 0.717) is 11.6 Å². The number of nitrogens with zero attached hydrogens (tertiary/aromatic N) is 3. The summed E-state index contributed by atoms with van der Waals surface area (Å²) < 4.78 is 51.0. The Morgan fingerprint density at radius 1 is 1.06 bits per heavy atom. The third-order valence-corrected chi connectivity index (χ3v) is 4.90. The lowest BCUT2D eigenvalue weighted by Crippen LogP contribution is -2.49. The molecule has 1 aromatic heterocycles. The third kappa shape index (κ3) is 6.15. The number of carbonyl (C=O) groups is 2. The van der Waals surface area contributed by atoms with Crippen LogP contribution in [0.1, 0.15) is 34.0 Å². The van der Waals surface area contributed by atoms with Crippen LogP contribution in [-0.2, 0) is 15.7 Å². The normalized spacial score (nSPS) is 12.4. The summed E-state index contributed by atoms with van der Waals surface area (Å²) in [7, 11) is 0. The molecule has 0 saturated heterocycles. The highest BCUT2D eigenvalue weighted by Gasteiger charge is 2.40. The van der Waals surface area contributed by atoms with Crippen LogP contribution < -0.4 is 10.1 Å². The van der Waals surface area contributed by atoms with E-state index in [-0.39, 0.29) is 17.0 Å². The maximum absolute atomic E-state index is 13.3. The van der Waals surface area contributed by atoms with Crippen molar-refractivity contribution >= 4 is 17.6 Å². The molecule has 2 aromatic carbocycles. The van der Waals surface area contributed by atoms with Crippen LogP contribution >= 0.6 is 0 Å². The number of ether oxygens (including phenoxy) is 2. The second-order valence-electron chi connectivity index (χ2n) is 7.61. The minimum Gasteiger partial charge on any atom is -0.489 e. The van der Waals surface area contributed by atoms with E-state index >= 15 is 0 Å². The summed E-state index contributed by atoms with van der Waals surface area (Å²) in [6.45, 7) is 0.716. The van der Waals surface area contributed by atoms with Gasteiger partial charge in [0.1, 0.15) is 12.4 Å². The predicted octanol–water partition coefficient (Wildman–Crippen LogP) is 4.48. The number of anilines is 1. The summed E-state index contributed by atoms with van der Waals surface area (Å²) in [6.07, 6.45) is -2.18. The highest BCUT2D eigenvalue weighted by Crippen LogP contribution is 2.34. The van der Waals surface area contributed by atoms with Crippen molar-refractivity contribution in [1.82, 2.24) is 4.98 Å². The molecular weight excluding hydrogens is 477 g/mol. The fourth-order valence-corrected chi connectivity index (χ4v) is 2.95. The molecule has 3 rings (SSSR count). The first-order valence-corrected chi connectivity index (χ1v) is 10.2. The molecule has 1 heterocycles. The summed E-state index contributed by atoms with van der Waals surface area (Å²) in [5, 5.41) is 20.2. The van der Waals surface area contributed by atoms with Crippen molar-refractivity contribution in [1.29, 1.82) is 10.5 Å². The number of pyridine rings is 1. The van der Waals surface area contributed by atoms with Crippen LogP contribution in [0.25, 0.3) is 0 Å². The van der Waals surface area contributed by atoms with Gasteiger partial charge < -0.3 is 14.8 Å². The summed E-state index contributed by atoms with van der Waals surface area (Å²) in [4.78, 5) is 29.6. The van der Waals surface area contributed by atoms with Crippen LogP contribution in [0.15, 0.2) is 67.0 Å². The number of esters is 1. The quantitative estimate of drug-likeness (QED) is 0.480. The number of aromatic nitrogens is 1. The smallest absolute Gasteiger partial charge is 0.417 e. The van der Waals surface area contributed by atoms with Gasteiger partial charge in [0.2, 0.25) is 5.60 Å².